The Morgan fingerprint density at radius 3 is 1.94 bits per heavy atom. The largest absolute Gasteiger partial charge is 0.192 e. The Bertz CT molecular complexity index is 815. The second-order valence-corrected chi connectivity index (χ2v) is 10.5. The van der Waals surface area contributed by atoms with Gasteiger partial charge < -0.3 is 0 Å². The minimum Gasteiger partial charge on any atom is -0.192 e. The van der Waals surface area contributed by atoms with Crippen LogP contribution in [-0.2, 0) is 6.42 Å². The zero-order valence-electron chi connectivity index (χ0n) is 19.3. The van der Waals surface area contributed by atoms with Crippen molar-refractivity contribution in [3.05, 3.63) is 71.3 Å². The van der Waals surface area contributed by atoms with E-state index in [0.29, 0.717) is 5.92 Å². The molecule has 164 valence electrons. The molecule has 2 fully saturated rings. The van der Waals surface area contributed by atoms with Gasteiger partial charge in [0.2, 0.25) is 0 Å². The molecule has 0 aromatic heterocycles. The summed E-state index contributed by atoms with van der Waals surface area (Å²) in [6, 6.07) is 21.5. The summed E-state index contributed by atoms with van der Waals surface area (Å²) in [5.74, 6) is 4.56. The summed E-state index contributed by atoms with van der Waals surface area (Å²) >= 11 is 0. The van der Waals surface area contributed by atoms with Crippen LogP contribution >= 0.6 is 0 Å². The molecule has 1 atom stereocenters. The van der Waals surface area contributed by atoms with Crippen LogP contribution in [0.2, 0.25) is 0 Å². The zero-order valence-corrected chi connectivity index (χ0v) is 19.3. The molecule has 2 aromatic carbocycles. The number of hydrogen-bond acceptors (Lipinski definition) is 1. The molecular weight excluding hydrogens is 374 g/mol. The average molecular weight is 414 g/mol. The third kappa shape index (κ3) is 6.22. The van der Waals surface area contributed by atoms with Crippen LogP contribution in [0, 0.1) is 35.0 Å². The number of aryl methyl sites for hydroxylation is 1. The summed E-state index contributed by atoms with van der Waals surface area (Å²) in [6.45, 7) is 2.42. The van der Waals surface area contributed by atoms with Crippen LogP contribution in [0.15, 0.2) is 54.6 Å². The standard InChI is InChI=1S/C30H39N/c1-23(28-5-3-2-4-6-28)21-26-15-19-30(20-16-26)29-17-13-25(14-18-29)8-7-24-9-11-27(22-31)12-10-24/h2-6,9-12,23,25-26,29-30H,7-8,13-21H2,1H3/t23-,25?,26?,29?,30?/m0/s1. The van der Waals surface area contributed by atoms with E-state index in [1.807, 2.05) is 12.1 Å². The first-order chi connectivity index (χ1) is 15.2. The SMILES string of the molecule is C[C@@H](CC1CCC(C2CCC(CCc3ccc(C#N)cc3)CC2)CC1)c1ccccc1. The van der Waals surface area contributed by atoms with Crippen molar-refractivity contribution in [2.24, 2.45) is 23.7 Å². The molecule has 4 rings (SSSR count). The molecule has 1 heteroatoms. The van der Waals surface area contributed by atoms with Crippen molar-refractivity contribution < 1.29 is 0 Å². The molecule has 0 unspecified atom stereocenters. The van der Waals surface area contributed by atoms with Gasteiger partial charge in [0, 0.05) is 0 Å². The first kappa shape index (κ1) is 22.1. The van der Waals surface area contributed by atoms with E-state index in [0.717, 1.165) is 29.2 Å². The van der Waals surface area contributed by atoms with Gasteiger partial charge >= 0.3 is 0 Å². The van der Waals surface area contributed by atoms with E-state index < -0.39 is 0 Å². The molecule has 1 nitrogen and oxygen atoms in total. The predicted octanol–water partition coefficient (Wildman–Crippen LogP) is 8.30. The molecule has 31 heavy (non-hydrogen) atoms. The van der Waals surface area contributed by atoms with Gasteiger partial charge in [-0.15, -0.1) is 0 Å². The Balaban J connectivity index is 1.15. The fourth-order valence-corrected chi connectivity index (χ4v) is 6.38. The highest BCUT2D eigenvalue weighted by atomic mass is 14.4. The number of benzene rings is 2. The predicted molar refractivity (Wildman–Crippen MR) is 130 cm³/mol. The van der Waals surface area contributed by atoms with Crippen molar-refractivity contribution in [3.63, 3.8) is 0 Å². The smallest absolute Gasteiger partial charge is 0.0991 e. The molecule has 2 aliphatic carbocycles. The lowest BCUT2D eigenvalue weighted by Gasteiger charge is -2.38. The molecule has 2 saturated carbocycles. The molecular formula is C30H39N. The van der Waals surface area contributed by atoms with E-state index in [1.165, 1.54) is 81.8 Å². The van der Waals surface area contributed by atoms with Gasteiger partial charge in [0.05, 0.1) is 11.6 Å². The van der Waals surface area contributed by atoms with E-state index in [9.17, 15) is 0 Å². The highest BCUT2D eigenvalue weighted by Gasteiger charge is 2.31. The Morgan fingerprint density at radius 2 is 1.35 bits per heavy atom. The summed E-state index contributed by atoms with van der Waals surface area (Å²) in [6.07, 6.45) is 15.5. The molecule has 2 aliphatic rings. The lowest BCUT2D eigenvalue weighted by atomic mass is 9.67. The maximum absolute atomic E-state index is 8.94. The van der Waals surface area contributed by atoms with Gasteiger partial charge in [0.1, 0.15) is 0 Å². The van der Waals surface area contributed by atoms with E-state index in [1.54, 1.807) is 0 Å². The third-order valence-electron chi connectivity index (χ3n) is 8.43. The topological polar surface area (TPSA) is 23.8 Å². The van der Waals surface area contributed by atoms with Gasteiger partial charge in [0.25, 0.3) is 0 Å². The van der Waals surface area contributed by atoms with Crippen molar-refractivity contribution in [1.29, 1.82) is 5.26 Å². The number of nitriles is 1. The highest BCUT2D eigenvalue weighted by molar-refractivity contribution is 5.31. The Hall–Kier alpha value is -2.07. The molecule has 0 heterocycles. The minimum atomic E-state index is 0.703. The molecule has 0 bridgehead atoms. The number of nitrogens with zero attached hydrogens (tertiary/aromatic N) is 1. The van der Waals surface area contributed by atoms with Crippen molar-refractivity contribution in [2.75, 3.05) is 0 Å². The zero-order chi connectivity index (χ0) is 21.5. The van der Waals surface area contributed by atoms with Crippen LogP contribution in [0.4, 0.5) is 0 Å². The molecule has 0 N–H and O–H groups in total. The van der Waals surface area contributed by atoms with E-state index in [2.05, 4.69) is 55.5 Å². The lowest BCUT2D eigenvalue weighted by Crippen LogP contribution is -2.26. The van der Waals surface area contributed by atoms with Gasteiger partial charge in [-0.05, 0) is 97.8 Å². The van der Waals surface area contributed by atoms with Crippen molar-refractivity contribution in [3.8, 4) is 6.07 Å². The Morgan fingerprint density at radius 1 is 0.774 bits per heavy atom. The molecule has 0 aliphatic heterocycles. The minimum absolute atomic E-state index is 0.703. The third-order valence-corrected chi connectivity index (χ3v) is 8.43. The first-order valence-corrected chi connectivity index (χ1v) is 12.7. The maximum atomic E-state index is 8.94. The highest BCUT2D eigenvalue weighted by Crippen LogP contribution is 2.43. The summed E-state index contributed by atoms with van der Waals surface area (Å²) in [5, 5.41) is 8.94. The summed E-state index contributed by atoms with van der Waals surface area (Å²) < 4.78 is 0. The Labute approximate surface area is 189 Å². The fourth-order valence-electron chi connectivity index (χ4n) is 6.38. The van der Waals surface area contributed by atoms with Gasteiger partial charge in [-0.1, -0.05) is 75.1 Å². The van der Waals surface area contributed by atoms with Crippen LogP contribution in [-0.4, -0.2) is 0 Å². The van der Waals surface area contributed by atoms with E-state index >= 15 is 0 Å². The molecule has 0 saturated heterocycles. The van der Waals surface area contributed by atoms with Gasteiger partial charge in [-0.3, -0.25) is 0 Å². The first-order valence-electron chi connectivity index (χ1n) is 12.7. The fraction of sp³-hybridized carbons (Fsp3) is 0.567. The molecule has 2 aromatic rings. The Kier molecular flexibility index (Phi) is 7.85. The molecule has 0 amide bonds. The molecule has 0 spiro atoms. The summed E-state index contributed by atoms with van der Waals surface area (Å²) in [4.78, 5) is 0. The van der Waals surface area contributed by atoms with Crippen molar-refractivity contribution >= 4 is 0 Å². The van der Waals surface area contributed by atoms with Crippen LogP contribution in [0.25, 0.3) is 0 Å². The van der Waals surface area contributed by atoms with Gasteiger partial charge in [-0.25, -0.2) is 0 Å². The van der Waals surface area contributed by atoms with E-state index in [4.69, 9.17) is 5.26 Å². The van der Waals surface area contributed by atoms with Gasteiger partial charge in [0.15, 0.2) is 0 Å². The van der Waals surface area contributed by atoms with Crippen molar-refractivity contribution in [1.82, 2.24) is 0 Å². The second-order valence-electron chi connectivity index (χ2n) is 10.5. The van der Waals surface area contributed by atoms with E-state index in [-0.39, 0.29) is 0 Å². The number of rotatable bonds is 7. The second kappa shape index (κ2) is 11.0. The average Bonchev–Trinajstić information content (AvgIpc) is 2.84. The monoisotopic (exact) mass is 413 g/mol. The molecule has 0 radical (unpaired) electrons. The normalized spacial score (nSPS) is 27.4. The van der Waals surface area contributed by atoms with Crippen molar-refractivity contribution in [2.45, 2.75) is 83.5 Å². The summed E-state index contributed by atoms with van der Waals surface area (Å²) in [5.41, 5.74) is 3.68. The van der Waals surface area contributed by atoms with Crippen LogP contribution in [0.3, 0.4) is 0 Å². The maximum Gasteiger partial charge on any atom is 0.0991 e. The van der Waals surface area contributed by atoms with Crippen LogP contribution in [0.1, 0.15) is 93.7 Å². The number of hydrogen-bond donors (Lipinski definition) is 0. The quantitative estimate of drug-likeness (QED) is 0.448. The summed E-state index contributed by atoms with van der Waals surface area (Å²) in [7, 11) is 0. The van der Waals surface area contributed by atoms with Crippen LogP contribution < -0.4 is 0 Å². The van der Waals surface area contributed by atoms with Gasteiger partial charge in [-0.2, -0.15) is 5.26 Å². The van der Waals surface area contributed by atoms with Crippen LogP contribution in [0.5, 0.6) is 0 Å². The lowest BCUT2D eigenvalue weighted by molar-refractivity contribution is 0.139.